The quantitative estimate of drug-likeness (QED) is 0.901. The molecular formula is C14H19N3S. The number of nitrogens with one attached hydrogen (secondary N) is 1. The molecule has 0 aliphatic heterocycles. The van der Waals surface area contributed by atoms with Gasteiger partial charge in [0.1, 0.15) is 5.82 Å². The number of aromatic nitrogens is 2. The summed E-state index contributed by atoms with van der Waals surface area (Å²) in [5, 5.41) is 5.41. The lowest BCUT2D eigenvalue weighted by Crippen LogP contribution is -2.09. The van der Waals surface area contributed by atoms with Crippen molar-refractivity contribution in [3.63, 3.8) is 0 Å². The van der Waals surface area contributed by atoms with Gasteiger partial charge in [0.25, 0.3) is 0 Å². The molecule has 2 aromatic heterocycles. The van der Waals surface area contributed by atoms with Gasteiger partial charge in [-0.15, -0.1) is 11.3 Å². The van der Waals surface area contributed by atoms with Gasteiger partial charge in [-0.3, -0.25) is 0 Å². The van der Waals surface area contributed by atoms with E-state index in [1.807, 2.05) is 6.07 Å². The normalized spacial score (nSPS) is 10.9. The van der Waals surface area contributed by atoms with Crippen molar-refractivity contribution in [2.45, 2.75) is 33.6 Å². The Bertz CT molecular complexity index is 518. The minimum absolute atomic E-state index is 0.427. The molecule has 2 heterocycles. The van der Waals surface area contributed by atoms with Crippen LogP contribution in [0.15, 0.2) is 17.5 Å². The van der Waals surface area contributed by atoms with Crippen LogP contribution in [0.5, 0.6) is 0 Å². The van der Waals surface area contributed by atoms with Gasteiger partial charge in [0.2, 0.25) is 0 Å². The van der Waals surface area contributed by atoms with Gasteiger partial charge in [-0.25, -0.2) is 9.97 Å². The first-order chi connectivity index (χ1) is 8.63. The van der Waals surface area contributed by atoms with Gasteiger partial charge in [-0.2, -0.15) is 0 Å². The Hall–Kier alpha value is -1.42. The highest BCUT2D eigenvalue weighted by Gasteiger charge is 2.15. The molecule has 3 nitrogen and oxygen atoms in total. The summed E-state index contributed by atoms with van der Waals surface area (Å²) < 4.78 is 0. The standard InChI is InChI=1S/C14H19N3S/c1-5-15-14-12(9(2)3)10(4)16-13(17-14)11-7-6-8-18-11/h6-9H,5H2,1-4H3,(H,15,16,17). The Balaban J connectivity index is 2.53. The monoisotopic (exact) mass is 261 g/mol. The molecule has 2 rings (SSSR count). The van der Waals surface area contributed by atoms with E-state index < -0.39 is 0 Å². The smallest absolute Gasteiger partial charge is 0.171 e. The number of thiophene rings is 1. The summed E-state index contributed by atoms with van der Waals surface area (Å²) in [6, 6.07) is 4.09. The number of anilines is 1. The summed E-state index contributed by atoms with van der Waals surface area (Å²) in [4.78, 5) is 10.4. The molecular weight excluding hydrogens is 242 g/mol. The van der Waals surface area contributed by atoms with E-state index >= 15 is 0 Å². The lowest BCUT2D eigenvalue weighted by molar-refractivity contribution is 0.831. The minimum Gasteiger partial charge on any atom is -0.370 e. The Morgan fingerprint density at radius 2 is 2.11 bits per heavy atom. The number of hydrogen-bond acceptors (Lipinski definition) is 4. The largest absolute Gasteiger partial charge is 0.370 e. The third-order valence-electron chi connectivity index (χ3n) is 2.80. The number of nitrogens with zero attached hydrogens (tertiary/aromatic N) is 2. The number of hydrogen-bond donors (Lipinski definition) is 1. The minimum atomic E-state index is 0.427. The van der Waals surface area contributed by atoms with Gasteiger partial charge in [0.15, 0.2) is 5.82 Å². The van der Waals surface area contributed by atoms with E-state index in [2.05, 4.69) is 54.4 Å². The van der Waals surface area contributed by atoms with Crippen molar-refractivity contribution < 1.29 is 0 Å². The first-order valence-electron chi connectivity index (χ1n) is 6.29. The number of rotatable bonds is 4. The second-order valence-electron chi connectivity index (χ2n) is 4.56. The Morgan fingerprint density at radius 3 is 2.67 bits per heavy atom. The molecule has 0 bridgehead atoms. The molecule has 0 spiro atoms. The van der Waals surface area contributed by atoms with Gasteiger partial charge in [0.05, 0.1) is 4.88 Å². The van der Waals surface area contributed by atoms with Crippen LogP contribution in [0.2, 0.25) is 0 Å². The molecule has 2 aromatic rings. The fourth-order valence-electron chi connectivity index (χ4n) is 2.09. The Labute approximate surface area is 112 Å². The zero-order chi connectivity index (χ0) is 13.1. The third kappa shape index (κ3) is 2.53. The fourth-order valence-corrected chi connectivity index (χ4v) is 2.75. The van der Waals surface area contributed by atoms with E-state index in [0.717, 1.165) is 28.8 Å². The molecule has 0 aliphatic carbocycles. The van der Waals surface area contributed by atoms with Crippen LogP contribution < -0.4 is 5.32 Å². The molecule has 0 atom stereocenters. The van der Waals surface area contributed by atoms with Crippen molar-refractivity contribution in [1.82, 2.24) is 9.97 Å². The lowest BCUT2D eigenvalue weighted by atomic mass is 10.0. The molecule has 18 heavy (non-hydrogen) atoms. The lowest BCUT2D eigenvalue weighted by Gasteiger charge is -2.16. The highest BCUT2D eigenvalue weighted by molar-refractivity contribution is 7.13. The molecule has 4 heteroatoms. The third-order valence-corrected chi connectivity index (χ3v) is 3.67. The van der Waals surface area contributed by atoms with Gasteiger partial charge < -0.3 is 5.32 Å². The SMILES string of the molecule is CCNc1nc(-c2cccs2)nc(C)c1C(C)C. The Morgan fingerprint density at radius 1 is 1.33 bits per heavy atom. The summed E-state index contributed by atoms with van der Waals surface area (Å²) in [6.45, 7) is 9.38. The maximum atomic E-state index is 4.68. The van der Waals surface area contributed by atoms with Crippen molar-refractivity contribution >= 4 is 17.2 Å². The summed E-state index contributed by atoms with van der Waals surface area (Å²) in [7, 11) is 0. The van der Waals surface area contributed by atoms with Crippen LogP contribution in [0.3, 0.4) is 0 Å². The average molecular weight is 261 g/mol. The van der Waals surface area contributed by atoms with E-state index in [1.54, 1.807) is 11.3 Å². The molecule has 0 radical (unpaired) electrons. The van der Waals surface area contributed by atoms with Gasteiger partial charge in [0, 0.05) is 17.8 Å². The van der Waals surface area contributed by atoms with Gasteiger partial charge in [-0.1, -0.05) is 19.9 Å². The van der Waals surface area contributed by atoms with Crippen LogP contribution in [0.1, 0.15) is 37.9 Å². The second kappa shape index (κ2) is 5.48. The van der Waals surface area contributed by atoms with Crippen molar-refractivity contribution in [3.05, 3.63) is 28.8 Å². The average Bonchev–Trinajstić information content (AvgIpc) is 2.81. The zero-order valence-electron chi connectivity index (χ0n) is 11.3. The molecule has 0 fully saturated rings. The van der Waals surface area contributed by atoms with Crippen LogP contribution in [0.4, 0.5) is 5.82 Å². The summed E-state index contributed by atoms with van der Waals surface area (Å²) in [5.41, 5.74) is 2.29. The van der Waals surface area contributed by atoms with Crippen molar-refractivity contribution in [1.29, 1.82) is 0 Å². The zero-order valence-corrected chi connectivity index (χ0v) is 12.1. The maximum Gasteiger partial charge on any atom is 0.171 e. The summed E-state index contributed by atoms with van der Waals surface area (Å²) >= 11 is 1.67. The van der Waals surface area contributed by atoms with Crippen LogP contribution in [-0.4, -0.2) is 16.5 Å². The molecule has 0 unspecified atom stereocenters. The molecule has 96 valence electrons. The van der Waals surface area contributed by atoms with Crippen molar-refractivity contribution in [3.8, 4) is 10.7 Å². The fraction of sp³-hybridized carbons (Fsp3) is 0.429. The Kier molecular flexibility index (Phi) is 3.97. The predicted octanol–water partition coefficient (Wildman–Crippen LogP) is 4.07. The highest BCUT2D eigenvalue weighted by Crippen LogP contribution is 2.29. The van der Waals surface area contributed by atoms with E-state index in [0.29, 0.717) is 5.92 Å². The number of aryl methyl sites for hydroxylation is 1. The van der Waals surface area contributed by atoms with E-state index in [1.165, 1.54) is 5.56 Å². The summed E-state index contributed by atoms with van der Waals surface area (Å²) in [6.07, 6.45) is 0. The van der Waals surface area contributed by atoms with E-state index in [-0.39, 0.29) is 0 Å². The van der Waals surface area contributed by atoms with E-state index in [4.69, 9.17) is 0 Å². The molecule has 0 amide bonds. The van der Waals surface area contributed by atoms with Crippen LogP contribution >= 0.6 is 11.3 Å². The van der Waals surface area contributed by atoms with Crippen molar-refractivity contribution in [2.24, 2.45) is 0 Å². The van der Waals surface area contributed by atoms with Crippen LogP contribution in [-0.2, 0) is 0 Å². The summed E-state index contributed by atoms with van der Waals surface area (Å²) in [5.74, 6) is 2.22. The molecule has 0 aromatic carbocycles. The first kappa shape index (κ1) is 13.0. The van der Waals surface area contributed by atoms with E-state index in [9.17, 15) is 0 Å². The molecule has 0 aliphatic rings. The first-order valence-corrected chi connectivity index (χ1v) is 7.17. The van der Waals surface area contributed by atoms with Gasteiger partial charge >= 0.3 is 0 Å². The van der Waals surface area contributed by atoms with Gasteiger partial charge in [-0.05, 0) is 31.2 Å². The topological polar surface area (TPSA) is 37.8 Å². The molecule has 1 N–H and O–H groups in total. The maximum absolute atomic E-state index is 4.68. The van der Waals surface area contributed by atoms with Crippen LogP contribution in [0, 0.1) is 6.92 Å². The second-order valence-corrected chi connectivity index (χ2v) is 5.50. The highest BCUT2D eigenvalue weighted by atomic mass is 32.1. The predicted molar refractivity (Wildman–Crippen MR) is 78.3 cm³/mol. The van der Waals surface area contributed by atoms with Crippen LogP contribution in [0.25, 0.3) is 10.7 Å². The molecule has 0 saturated carbocycles. The molecule has 0 saturated heterocycles. The van der Waals surface area contributed by atoms with Crippen molar-refractivity contribution in [2.75, 3.05) is 11.9 Å².